The van der Waals surface area contributed by atoms with Crippen LogP contribution in [0.2, 0.25) is 0 Å². The number of carboxylic acid groups (broad SMARTS) is 1. The molecule has 2 N–H and O–H groups in total. The van der Waals surface area contributed by atoms with Gasteiger partial charge in [-0.25, -0.2) is 9.18 Å². The van der Waals surface area contributed by atoms with Gasteiger partial charge in [0, 0.05) is 6.61 Å². The van der Waals surface area contributed by atoms with Crippen LogP contribution in [-0.4, -0.2) is 29.4 Å². The maximum atomic E-state index is 13.2. The van der Waals surface area contributed by atoms with E-state index in [1.807, 2.05) is 0 Å². The number of aromatic carboxylic acids is 1. The van der Waals surface area contributed by atoms with E-state index in [0.29, 0.717) is 12.8 Å². The molecule has 0 saturated heterocycles. The van der Waals surface area contributed by atoms with Gasteiger partial charge in [-0.3, -0.25) is 0 Å². The summed E-state index contributed by atoms with van der Waals surface area (Å²) in [6.07, 6.45) is 1.16. The van der Waals surface area contributed by atoms with Crippen LogP contribution in [0.4, 0.5) is 4.39 Å². The van der Waals surface area contributed by atoms with Crippen LogP contribution in [0.1, 0.15) is 23.2 Å². The molecule has 1 aromatic rings. The van der Waals surface area contributed by atoms with Gasteiger partial charge in [-0.2, -0.15) is 0 Å². The average molecular weight is 228 g/mol. The first kappa shape index (κ1) is 12.4. The zero-order valence-electron chi connectivity index (χ0n) is 8.65. The lowest BCUT2D eigenvalue weighted by molar-refractivity contribution is 0.0686. The minimum Gasteiger partial charge on any atom is -0.493 e. The Balaban J connectivity index is 2.71. The summed E-state index contributed by atoms with van der Waals surface area (Å²) in [6.45, 7) is 0.308. The molecule has 0 unspecified atom stereocenters. The molecule has 1 aromatic carbocycles. The molecule has 16 heavy (non-hydrogen) atoms. The number of hydrogen-bond donors (Lipinski definition) is 2. The van der Waals surface area contributed by atoms with Crippen molar-refractivity contribution in [3.05, 3.63) is 29.6 Å². The molecule has 0 spiro atoms. The highest BCUT2D eigenvalue weighted by Crippen LogP contribution is 2.21. The number of carbonyl (C=O) groups is 1. The summed E-state index contributed by atoms with van der Waals surface area (Å²) in [5.74, 6) is -2.15. The fraction of sp³-hybridized carbons (Fsp3) is 0.364. The lowest BCUT2D eigenvalue weighted by atomic mass is 10.2. The van der Waals surface area contributed by atoms with E-state index in [-0.39, 0.29) is 19.0 Å². The smallest absolute Gasteiger partial charge is 0.342 e. The molecular formula is C11H13FO4. The number of halogens is 1. The molecule has 4 nitrogen and oxygen atoms in total. The Hall–Kier alpha value is -1.62. The largest absolute Gasteiger partial charge is 0.493 e. The lowest BCUT2D eigenvalue weighted by Crippen LogP contribution is -2.07. The fourth-order valence-corrected chi connectivity index (χ4v) is 1.23. The normalized spacial score (nSPS) is 10.1. The van der Waals surface area contributed by atoms with Gasteiger partial charge in [-0.05, 0) is 25.0 Å². The van der Waals surface area contributed by atoms with Gasteiger partial charge < -0.3 is 14.9 Å². The molecular weight excluding hydrogens is 215 g/mol. The molecule has 0 aliphatic rings. The predicted octanol–water partition coefficient (Wildman–Crippen LogP) is 1.68. The first-order valence-electron chi connectivity index (χ1n) is 4.92. The minimum absolute atomic E-state index is 0.0189. The number of ether oxygens (including phenoxy) is 1. The Bertz CT molecular complexity index is 365. The molecule has 0 aliphatic heterocycles. The van der Waals surface area contributed by atoms with Crippen LogP contribution in [-0.2, 0) is 0 Å². The summed E-state index contributed by atoms with van der Waals surface area (Å²) in [4.78, 5) is 10.8. The van der Waals surface area contributed by atoms with Gasteiger partial charge in [0.05, 0.1) is 6.61 Å². The van der Waals surface area contributed by atoms with Crippen molar-refractivity contribution in [2.45, 2.75) is 12.8 Å². The summed E-state index contributed by atoms with van der Waals surface area (Å²) in [6, 6.07) is 3.87. The highest BCUT2D eigenvalue weighted by molar-refractivity contribution is 5.91. The van der Waals surface area contributed by atoms with E-state index in [0.717, 1.165) is 6.07 Å². The van der Waals surface area contributed by atoms with Crippen LogP contribution in [0.5, 0.6) is 5.75 Å². The maximum Gasteiger partial charge on any atom is 0.342 e. The van der Waals surface area contributed by atoms with Crippen molar-refractivity contribution in [1.82, 2.24) is 0 Å². The molecule has 88 valence electrons. The lowest BCUT2D eigenvalue weighted by Gasteiger charge is -2.08. The second kappa shape index (κ2) is 6.07. The molecule has 5 heteroatoms. The van der Waals surface area contributed by atoms with E-state index in [1.54, 1.807) is 0 Å². The van der Waals surface area contributed by atoms with E-state index in [4.69, 9.17) is 14.9 Å². The molecule has 0 aliphatic carbocycles. The monoisotopic (exact) mass is 228 g/mol. The first-order chi connectivity index (χ1) is 7.66. The standard InChI is InChI=1S/C11H13FO4/c12-8-4-3-5-9(10(8)11(14)15)16-7-2-1-6-13/h3-5,13H,1-2,6-7H2,(H,14,15). The molecule has 0 radical (unpaired) electrons. The van der Waals surface area contributed by atoms with Crippen molar-refractivity contribution in [3.63, 3.8) is 0 Å². The Morgan fingerprint density at radius 1 is 1.38 bits per heavy atom. The third-order valence-corrected chi connectivity index (χ3v) is 2.00. The van der Waals surface area contributed by atoms with Crippen molar-refractivity contribution in [2.24, 2.45) is 0 Å². The SMILES string of the molecule is O=C(O)c1c(F)cccc1OCCCCO. The highest BCUT2D eigenvalue weighted by Gasteiger charge is 2.16. The number of hydrogen-bond acceptors (Lipinski definition) is 3. The summed E-state index contributed by atoms with van der Waals surface area (Å²) >= 11 is 0. The van der Waals surface area contributed by atoms with Gasteiger partial charge in [0.25, 0.3) is 0 Å². The molecule has 0 saturated carbocycles. The predicted molar refractivity (Wildman–Crippen MR) is 55.2 cm³/mol. The van der Waals surface area contributed by atoms with Crippen LogP contribution in [0.25, 0.3) is 0 Å². The molecule has 0 atom stereocenters. The summed E-state index contributed by atoms with van der Waals surface area (Å²) in [7, 11) is 0. The number of rotatable bonds is 6. The summed E-state index contributed by atoms with van der Waals surface area (Å²) in [5, 5.41) is 17.3. The van der Waals surface area contributed by atoms with E-state index in [1.165, 1.54) is 12.1 Å². The number of benzene rings is 1. The fourth-order valence-electron chi connectivity index (χ4n) is 1.23. The molecule has 0 heterocycles. The van der Waals surface area contributed by atoms with Crippen LogP contribution in [0, 0.1) is 5.82 Å². The van der Waals surface area contributed by atoms with Gasteiger partial charge in [-0.15, -0.1) is 0 Å². The molecule has 0 fully saturated rings. The number of carboxylic acids is 1. The van der Waals surface area contributed by atoms with Crippen LogP contribution < -0.4 is 4.74 Å². The quantitative estimate of drug-likeness (QED) is 0.727. The van der Waals surface area contributed by atoms with Crippen LogP contribution in [0.3, 0.4) is 0 Å². The highest BCUT2D eigenvalue weighted by atomic mass is 19.1. The maximum absolute atomic E-state index is 13.2. The average Bonchev–Trinajstić information content (AvgIpc) is 2.24. The minimum atomic E-state index is -1.35. The van der Waals surface area contributed by atoms with Gasteiger partial charge >= 0.3 is 5.97 Å². The van der Waals surface area contributed by atoms with E-state index < -0.39 is 17.3 Å². The van der Waals surface area contributed by atoms with Crippen LogP contribution >= 0.6 is 0 Å². The number of aliphatic hydroxyl groups is 1. The van der Waals surface area contributed by atoms with Crippen molar-refractivity contribution < 1.29 is 24.1 Å². The molecule has 1 rings (SSSR count). The van der Waals surface area contributed by atoms with E-state index >= 15 is 0 Å². The van der Waals surface area contributed by atoms with Gasteiger partial charge in [0.1, 0.15) is 17.1 Å². The van der Waals surface area contributed by atoms with Gasteiger partial charge in [0.15, 0.2) is 0 Å². The molecule has 0 bridgehead atoms. The second-order valence-electron chi connectivity index (χ2n) is 3.20. The Labute approximate surface area is 92.3 Å². The number of aliphatic hydroxyl groups excluding tert-OH is 1. The zero-order valence-corrected chi connectivity index (χ0v) is 8.65. The topological polar surface area (TPSA) is 66.8 Å². The first-order valence-corrected chi connectivity index (χ1v) is 4.92. The molecule has 0 aromatic heterocycles. The van der Waals surface area contributed by atoms with Gasteiger partial charge in [-0.1, -0.05) is 6.07 Å². The Kier molecular flexibility index (Phi) is 4.72. The second-order valence-corrected chi connectivity index (χ2v) is 3.20. The van der Waals surface area contributed by atoms with Crippen molar-refractivity contribution in [3.8, 4) is 5.75 Å². The zero-order chi connectivity index (χ0) is 12.0. The summed E-state index contributed by atoms with van der Waals surface area (Å²) in [5.41, 5.74) is -0.452. The van der Waals surface area contributed by atoms with Crippen LogP contribution in [0.15, 0.2) is 18.2 Å². The van der Waals surface area contributed by atoms with Gasteiger partial charge in [0.2, 0.25) is 0 Å². The Morgan fingerprint density at radius 3 is 2.75 bits per heavy atom. The van der Waals surface area contributed by atoms with E-state index in [9.17, 15) is 9.18 Å². The summed E-state index contributed by atoms with van der Waals surface area (Å²) < 4.78 is 18.3. The number of unbranched alkanes of at least 4 members (excludes halogenated alkanes) is 1. The van der Waals surface area contributed by atoms with E-state index in [2.05, 4.69) is 0 Å². The van der Waals surface area contributed by atoms with Crippen molar-refractivity contribution >= 4 is 5.97 Å². The third-order valence-electron chi connectivity index (χ3n) is 2.00. The van der Waals surface area contributed by atoms with Crippen molar-refractivity contribution in [1.29, 1.82) is 0 Å². The molecule has 0 amide bonds. The van der Waals surface area contributed by atoms with Crippen molar-refractivity contribution in [2.75, 3.05) is 13.2 Å². The third kappa shape index (κ3) is 3.20. The Morgan fingerprint density at radius 2 is 2.12 bits per heavy atom.